The summed E-state index contributed by atoms with van der Waals surface area (Å²) in [4.78, 5) is 7.21. The largest absolute Gasteiger partial charge is 0.408 e. The number of aromatic nitrogens is 2. The molecule has 0 atom stereocenters. The van der Waals surface area contributed by atoms with E-state index in [4.69, 9.17) is 13.6 Å². The van der Waals surface area contributed by atoms with Crippen molar-refractivity contribution < 1.29 is 27.4 Å². The molecule has 0 saturated carbocycles. The van der Waals surface area contributed by atoms with Gasteiger partial charge in [-0.05, 0) is 28.5 Å². The van der Waals surface area contributed by atoms with E-state index in [1.807, 2.05) is 5.48 Å². The van der Waals surface area contributed by atoms with Gasteiger partial charge in [-0.15, -0.1) is 0 Å². The molecule has 0 bridgehead atoms. The Morgan fingerprint density at radius 1 is 1.34 bits per heavy atom. The fourth-order valence-electron chi connectivity index (χ4n) is 1.84. The van der Waals surface area contributed by atoms with Gasteiger partial charge in [-0.1, -0.05) is 17.2 Å². The van der Waals surface area contributed by atoms with Crippen molar-refractivity contribution >= 4 is 42.6 Å². The van der Waals surface area contributed by atoms with Gasteiger partial charge in [-0.3, -0.25) is 10.7 Å². The molecule has 0 aliphatic carbocycles. The molecule has 2 radical (unpaired) electrons. The van der Waals surface area contributed by atoms with E-state index in [0.717, 1.165) is 17.8 Å². The molecule has 0 amide bonds. The molecule has 29 heavy (non-hydrogen) atoms. The van der Waals surface area contributed by atoms with Crippen LogP contribution in [0.5, 0.6) is 0 Å². The fraction of sp³-hybridized carbons (Fsp3) is 0.286. The van der Waals surface area contributed by atoms with Crippen molar-refractivity contribution in [3.63, 3.8) is 0 Å². The van der Waals surface area contributed by atoms with Gasteiger partial charge in [0.2, 0.25) is 0 Å². The van der Waals surface area contributed by atoms with Gasteiger partial charge < -0.3 is 11.1 Å². The van der Waals surface area contributed by atoms with Gasteiger partial charge in [0.15, 0.2) is 22.5 Å². The third kappa shape index (κ3) is 7.26. The third-order valence-corrected chi connectivity index (χ3v) is 4.03. The van der Waals surface area contributed by atoms with Crippen LogP contribution in [0.2, 0.25) is 0 Å². The first-order chi connectivity index (χ1) is 13.7. The second kappa shape index (κ2) is 10.1. The van der Waals surface area contributed by atoms with Gasteiger partial charge in [0.1, 0.15) is 20.2 Å². The average Bonchev–Trinajstić information content (AvgIpc) is 3.12. The van der Waals surface area contributed by atoms with Crippen LogP contribution in [0, 0.1) is 5.82 Å². The smallest absolute Gasteiger partial charge is 0.370 e. The Morgan fingerprint density at radius 3 is 2.76 bits per heavy atom. The maximum Gasteiger partial charge on any atom is 0.408 e. The van der Waals surface area contributed by atoms with Crippen molar-refractivity contribution in [1.29, 1.82) is 0 Å². The molecular formula is C14H14BF4N7O2S. The number of thioether (sulfide) groups is 1. The van der Waals surface area contributed by atoms with Gasteiger partial charge >= 0.3 is 6.18 Å². The molecule has 5 N–H and O–H groups in total. The predicted molar refractivity (Wildman–Crippen MR) is 98.5 cm³/mol. The maximum absolute atomic E-state index is 13.2. The highest BCUT2D eigenvalue weighted by Crippen LogP contribution is 2.20. The van der Waals surface area contributed by atoms with E-state index in [1.54, 1.807) is 0 Å². The summed E-state index contributed by atoms with van der Waals surface area (Å²) in [5, 5.41) is 19.4. The zero-order chi connectivity index (χ0) is 21.4. The van der Waals surface area contributed by atoms with E-state index in [2.05, 4.69) is 30.2 Å². The van der Waals surface area contributed by atoms with Crippen LogP contribution < -0.4 is 22.0 Å². The number of hydroxylamine groups is 1. The number of amidine groups is 1. The van der Waals surface area contributed by atoms with Crippen molar-refractivity contribution in [3.05, 3.63) is 29.7 Å². The van der Waals surface area contributed by atoms with Gasteiger partial charge in [-0.25, -0.2) is 19.0 Å². The topological polar surface area (TPSA) is 134 Å². The Kier molecular flexibility index (Phi) is 7.84. The van der Waals surface area contributed by atoms with Crippen LogP contribution in [0.15, 0.2) is 37.8 Å². The molecule has 0 fully saturated rings. The highest BCUT2D eigenvalue weighted by Gasteiger charge is 2.26. The second-order valence-electron chi connectivity index (χ2n) is 5.29. The summed E-state index contributed by atoms with van der Waals surface area (Å²) in [6, 6.07) is 3.69. The zero-order valence-electron chi connectivity index (χ0n) is 14.6. The van der Waals surface area contributed by atoms with E-state index in [1.165, 1.54) is 12.1 Å². The summed E-state index contributed by atoms with van der Waals surface area (Å²) in [7, 11) is 5.47. The standard InChI is InChI=1S/C14H14BF4N7O2S/c15-8-5-7(1-2-9(8)16)23-11(24-27)10-12(26-28-25-10)29-4-3-21-13(20)22-6-14(17,18)19/h1-2,5,27H,3-4,6H2,(H,23,24)(H3,20,21,22). The molecule has 9 nitrogen and oxygen atoms in total. The lowest BCUT2D eigenvalue weighted by Crippen LogP contribution is -2.34. The van der Waals surface area contributed by atoms with E-state index in [9.17, 15) is 22.8 Å². The van der Waals surface area contributed by atoms with Gasteiger partial charge in [-0.2, -0.15) is 13.2 Å². The Morgan fingerprint density at radius 2 is 2.10 bits per heavy atom. The summed E-state index contributed by atoms with van der Waals surface area (Å²) in [6.45, 7) is -1.22. The van der Waals surface area contributed by atoms with Crippen LogP contribution in [-0.2, 0) is 0 Å². The van der Waals surface area contributed by atoms with Crippen LogP contribution >= 0.6 is 11.8 Å². The van der Waals surface area contributed by atoms with Crippen LogP contribution in [-0.4, -0.2) is 60.2 Å². The average molecular weight is 431 g/mol. The molecule has 1 aromatic heterocycles. The number of nitrogens with zero attached hydrogens (tertiary/aromatic N) is 4. The molecule has 15 heteroatoms. The SMILES string of the molecule is [B]c1cc(N=C(NO)c2nonc2SCCNC(N)=NCC(F)(F)F)ccc1F. The third-order valence-electron chi connectivity index (χ3n) is 3.08. The van der Waals surface area contributed by atoms with E-state index in [-0.39, 0.29) is 40.2 Å². The quantitative estimate of drug-likeness (QED) is 0.0954. The zero-order valence-corrected chi connectivity index (χ0v) is 15.4. The minimum absolute atomic E-state index is 0.0547. The number of nitrogens with one attached hydrogen (secondary N) is 2. The Balaban J connectivity index is 1.98. The number of rotatable bonds is 7. The Labute approximate surface area is 167 Å². The van der Waals surface area contributed by atoms with E-state index < -0.39 is 18.5 Å². The molecule has 154 valence electrons. The number of nitrogens with two attached hydrogens (primary N) is 1. The second-order valence-corrected chi connectivity index (χ2v) is 6.37. The minimum atomic E-state index is -4.44. The van der Waals surface area contributed by atoms with Gasteiger partial charge in [0, 0.05) is 12.3 Å². The first-order valence-corrected chi connectivity index (χ1v) is 8.78. The lowest BCUT2D eigenvalue weighted by Gasteiger charge is -2.07. The van der Waals surface area contributed by atoms with Gasteiger partial charge in [0.05, 0.1) is 5.69 Å². The van der Waals surface area contributed by atoms with Crippen LogP contribution in [0.4, 0.5) is 23.2 Å². The number of halogens is 4. The molecule has 0 unspecified atom stereocenters. The van der Waals surface area contributed by atoms with Crippen LogP contribution in [0.3, 0.4) is 0 Å². The molecule has 2 rings (SSSR count). The van der Waals surface area contributed by atoms with Crippen molar-refractivity contribution in [3.8, 4) is 0 Å². The Bertz CT molecular complexity index is 891. The van der Waals surface area contributed by atoms with Crippen molar-refractivity contribution in [2.24, 2.45) is 15.7 Å². The number of benzene rings is 1. The van der Waals surface area contributed by atoms with Crippen molar-refractivity contribution in [2.75, 3.05) is 18.8 Å². The molecule has 1 aromatic carbocycles. The van der Waals surface area contributed by atoms with E-state index in [0.29, 0.717) is 5.75 Å². The molecule has 0 spiro atoms. The lowest BCUT2D eigenvalue weighted by atomic mass is 9.95. The van der Waals surface area contributed by atoms with Crippen LogP contribution in [0.25, 0.3) is 0 Å². The predicted octanol–water partition coefficient (Wildman–Crippen LogP) is 0.618. The maximum atomic E-state index is 13.2. The number of alkyl halides is 3. The molecule has 1 heterocycles. The summed E-state index contributed by atoms with van der Waals surface area (Å²) in [5.74, 6) is -0.813. The minimum Gasteiger partial charge on any atom is -0.370 e. The summed E-state index contributed by atoms with van der Waals surface area (Å²) >= 11 is 1.10. The molecular weight excluding hydrogens is 417 g/mol. The summed E-state index contributed by atoms with van der Waals surface area (Å²) < 4.78 is 54.0. The van der Waals surface area contributed by atoms with Crippen LogP contribution in [0.1, 0.15) is 5.69 Å². The first kappa shape index (κ1) is 22.5. The first-order valence-electron chi connectivity index (χ1n) is 7.79. The summed E-state index contributed by atoms with van der Waals surface area (Å²) in [6.07, 6.45) is -4.44. The number of hydrogen-bond donors (Lipinski definition) is 4. The normalized spacial score (nSPS) is 12.9. The number of guanidine groups is 1. The highest BCUT2D eigenvalue weighted by molar-refractivity contribution is 7.99. The summed E-state index contributed by atoms with van der Waals surface area (Å²) in [5.41, 5.74) is 7.33. The molecule has 0 aliphatic heterocycles. The van der Waals surface area contributed by atoms with E-state index >= 15 is 0 Å². The lowest BCUT2D eigenvalue weighted by molar-refractivity contribution is -0.118. The molecule has 0 aliphatic rings. The molecule has 0 saturated heterocycles. The van der Waals surface area contributed by atoms with Gasteiger partial charge in [0.25, 0.3) is 0 Å². The highest BCUT2D eigenvalue weighted by atomic mass is 32.2. The number of aliphatic imine (C=N–C) groups is 2. The number of hydrogen-bond acceptors (Lipinski definition) is 7. The Hall–Kier alpha value is -2.81. The van der Waals surface area contributed by atoms with Crippen molar-refractivity contribution in [2.45, 2.75) is 11.2 Å². The molecule has 2 aromatic rings. The fourth-order valence-corrected chi connectivity index (χ4v) is 2.59. The monoisotopic (exact) mass is 431 g/mol. The van der Waals surface area contributed by atoms with Crippen molar-refractivity contribution in [1.82, 2.24) is 21.1 Å².